The summed E-state index contributed by atoms with van der Waals surface area (Å²) in [5, 5.41) is 2.97. The normalized spacial score (nSPS) is 24.0. The molecule has 2 rings (SSSR count). The lowest BCUT2D eigenvalue weighted by molar-refractivity contribution is -0.183. The van der Waals surface area contributed by atoms with Gasteiger partial charge in [-0.1, -0.05) is 15.9 Å². The van der Waals surface area contributed by atoms with Crippen molar-refractivity contribution in [1.82, 2.24) is 5.32 Å². The first-order valence-corrected chi connectivity index (χ1v) is 7.84. The van der Waals surface area contributed by atoms with E-state index in [1.54, 1.807) is 0 Å². The van der Waals surface area contributed by atoms with Gasteiger partial charge in [0.05, 0.1) is 23.8 Å². The molecule has 1 fully saturated rings. The highest BCUT2D eigenvalue weighted by molar-refractivity contribution is 9.09. The summed E-state index contributed by atoms with van der Waals surface area (Å²) in [6.45, 7) is 2.23. The van der Waals surface area contributed by atoms with Gasteiger partial charge in [0.15, 0.2) is 6.29 Å². The molecule has 0 aromatic heterocycles. The zero-order valence-corrected chi connectivity index (χ0v) is 13.9. The molecule has 3 nitrogen and oxygen atoms in total. The van der Waals surface area contributed by atoms with Crippen molar-refractivity contribution in [3.63, 3.8) is 0 Å². The Bertz CT molecular complexity index is 545. The summed E-state index contributed by atoms with van der Waals surface area (Å²) in [6, 6.07) is 1.39. The lowest BCUT2D eigenvalue weighted by Crippen LogP contribution is -2.46. The molecule has 24 heavy (non-hydrogen) atoms. The highest BCUT2D eigenvalue weighted by Gasteiger charge is 2.37. The molecule has 0 radical (unpaired) electrons. The zero-order chi connectivity index (χ0) is 18.1. The molecule has 3 atom stereocenters. The van der Waals surface area contributed by atoms with Gasteiger partial charge in [-0.25, -0.2) is 0 Å². The fourth-order valence-corrected chi connectivity index (χ4v) is 2.66. The Hall–Kier alpha value is -0.840. The van der Waals surface area contributed by atoms with Crippen molar-refractivity contribution >= 4 is 15.9 Å². The summed E-state index contributed by atoms with van der Waals surface area (Å²) < 4.78 is 88.0. The Labute approximate surface area is 142 Å². The van der Waals surface area contributed by atoms with Crippen molar-refractivity contribution in [2.75, 3.05) is 13.2 Å². The van der Waals surface area contributed by atoms with Crippen LogP contribution in [-0.4, -0.2) is 24.4 Å². The van der Waals surface area contributed by atoms with Gasteiger partial charge in [-0.3, -0.25) is 5.32 Å². The van der Waals surface area contributed by atoms with E-state index in [4.69, 9.17) is 9.47 Å². The maximum Gasteiger partial charge on any atom is 0.416 e. The van der Waals surface area contributed by atoms with Crippen LogP contribution in [0.4, 0.5) is 26.3 Å². The molecular formula is C14H14BrF6NO2. The Morgan fingerprint density at radius 3 is 2.12 bits per heavy atom. The van der Waals surface area contributed by atoms with E-state index in [2.05, 4.69) is 21.2 Å². The fraction of sp³-hybridized carbons (Fsp3) is 0.571. The van der Waals surface area contributed by atoms with E-state index < -0.39 is 40.8 Å². The van der Waals surface area contributed by atoms with E-state index >= 15 is 0 Å². The van der Waals surface area contributed by atoms with E-state index in [1.165, 1.54) is 6.92 Å². The van der Waals surface area contributed by atoms with Crippen LogP contribution in [0.2, 0.25) is 0 Å². The number of hydrogen-bond donors (Lipinski definition) is 1. The van der Waals surface area contributed by atoms with Gasteiger partial charge in [-0.15, -0.1) is 0 Å². The largest absolute Gasteiger partial charge is 0.416 e. The van der Waals surface area contributed by atoms with Crippen molar-refractivity contribution in [3.8, 4) is 0 Å². The number of nitrogens with one attached hydrogen (secondary N) is 1. The second kappa shape index (κ2) is 7.19. The number of morpholine rings is 1. The number of benzene rings is 1. The summed E-state index contributed by atoms with van der Waals surface area (Å²) in [7, 11) is 0. The van der Waals surface area contributed by atoms with E-state index in [0.717, 1.165) is 0 Å². The van der Waals surface area contributed by atoms with E-state index in [-0.39, 0.29) is 11.6 Å². The van der Waals surface area contributed by atoms with Crippen molar-refractivity contribution in [2.24, 2.45) is 0 Å². The molecular weight excluding hydrogens is 408 g/mol. The van der Waals surface area contributed by atoms with E-state index in [9.17, 15) is 26.3 Å². The summed E-state index contributed by atoms with van der Waals surface area (Å²) in [4.78, 5) is -0.415. The molecule has 1 N–H and O–H groups in total. The highest BCUT2D eigenvalue weighted by atomic mass is 79.9. The lowest BCUT2D eigenvalue weighted by atomic mass is 10.0. The average molecular weight is 422 g/mol. The zero-order valence-electron chi connectivity index (χ0n) is 12.3. The molecule has 0 spiro atoms. The highest BCUT2D eigenvalue weighted by Crippen LogP contribution is 2.38. The molecule has 0 amide bonds. The predicted octanol–water partition coefficient (Wildman–Crippen LogP) is 4.47. The Kier molecular flexibility index (Phi) is 5.83. The summed E-state index contributed by atoms with van der Waals surface area (Å²) in [5.41, 5.74) is -2.98. The van der Waals surface area contributed by atoms with Crippen LogP contribution in [0.25, 0.3) is 0 Å². The van der Waals surface area contributed by atoms with Gasteiger partial charge in [-0.2, -0.15) is 26.3 Å². The number of halogens is 7. The molecule has 0 aliphatic carbocycles. The Balaban J connectivity index is 2.30. The molecule has 2 unspecified atom stereocenters. The van der Waals surface area contributed by atoms with Crippen LogP contribution in [0.5, 0.6) is 0 Å². The van der Waals surface area contributed by atoms with Crippen LogP contribution >= 0.6 is 15.9 Å². The van der Waals surface area contributed by atoms with Gasteiger partial charge in [0.2, 0.25) is 0 Å². The lowest BCUT2D eigenvalue weighted by Gasteiger charge is -2.31. The molecule has 1 aliphatic heterocycles. The Morgan fingerprint density at radius 2 is 1.67 bits per heavy atom. The maximum absolute atomic E-state index is 12.9. The molecule has 10 heteroatoms. The molecule has 1 aromatic rings. The third kappa shape index (κ3) is 4.84. The third-order valence-electron chi connectivity index (χ3n) is 3.38. The third-order valence-corrected chi connectivity index (χ3v) is 4.14. The van der Waals surface area contributed by atoms with Crippen molar-refractivity contribution in [3.05, 3.63) is 34.9 Å². The molecule has 1 aliphatic rings. The standard InChI is InChI=1S/C14H14BrF6NO2/c1-7(24-12-11(15)22-2-3-23-12)8-4-9(13(16,17)18)6-10(5-8)14(19,20)21/h4-7,11-12,22H,2-3H2,1H3/t7?,11?,12-/m1/s1. The fourth-order valence-electron chi connectivity index (χ4n) is 2.15. The van der Waals surface area contributed by atoms with Gasteiger partial charge in [0.1, 0.15) is 4.95 Å². The number of hydrogen-bond acceptors (Lipinski definition) is 3. The Morgan fingerprint density at radius 1 is 1.12 bits per heavy atom. The molecule has 1 saturated heterocycles. The number of alkyl halides is 7. The minimum Gasteiger partial charge on any atom is -0.349 e. The van der Waals surface area contributed by atoms with Gasteiger partial charge in [-0.05, 0) is 30.7 Å². The second-order valence-corrected chi connectivity index (χ2v) is 6.20. The van der Waals surface area contributed by atoms with Crippen molar-refractivity contribution in [2.45, 2.75) is 36.6 Å². The van der Waals surface area contributed by atoms with Gasteiger partial charge < -0.3 is 9.47 Å². The second-order valence-electron chi connectivity index (χ2n) is 5.21. The van der Waals surface area contributed by atoms with Crippen LogP contribution in [-0.2, 0) is 21.8 Å². The van der Waals surface area contributed by atoms with Crippen LogP contribution in [0.3, 0.4) is 0 Å². The van der Waals surface area contributed by atoms with Crippen molar-refractivity contribution < 1.29 is 35.8 Å². The maximum atomic E-state index is 12.9. The topological polar surface area (TPSA) is 30.5 Å². The molecule has 0 bridgehead atoms. The summed E-state index contributed by atoms with van der Waals surface area (Å²) in [6.07, 6.45) is -11.6. The monoisotopic (exact) mass is 421 g/mol. The van der Waals surface area contributed by atoms with Crippen LogP contribution in [0, 0.1) is 0 Å². The summed E-state index contributed by atoms with van der Waals surface area (Å²) in [5.74, 6) is 0. The van der Waals surface area contributed by atoms with E-state index in [0.29, 0.717) is 25.3 Å². The predicted molar refractivity (Wildman–Crippen MR) is 76.4 cm³/mol. The molecule has 1 aromatic carbocycles. The number of rotatable bonds is 3. The number of ether oxygens (including phenoxy) is 2. The molecule has 1 heterocycles. The van der Waals surface area contributed by atoms with Gasteiger partial charge >= 0.3 is 12.4 Å². The van der Waals surface area contributed by atoms with Crippen LogP contribution in [0.1, 0.15) is 29.7 Å². The first-order valence-electron chi connectivity index (χ1n) is 6.92. The van der Waals surface area contributed by atoms with Gasteiger partial charge in [0, 0.05) is 6.54 Å². The van der Waals surface area contributed by atoms with Crippen LogP contribution < -0.4 is 5.32 Å². The van der Waals surface area contributed by atoms with Crippen molar-refractivity contribution in [1.29, 1.82) is 0 Å². The molecule has 136 valence electrons. The smallest absolute Gasteiger partial charge is 0.349 e. The van der Waals surface area contributed by atoms with Crippen LogP contribution in [0.15, 0.2) is 18.2 Å². The summed E-state index contributed by atoms with van der Waals surface area (Å²) >= 11 is 3.23. The van der Waals surface area contributed by atoms with Gasteiger partial charge in [0.25, 0.3) is 0 Å². The van der Waals surface area contributed by atoms with E-state index in [1.807, 2.05) is 0 Å². The minimum atomic E-state index is -4.89. The molecule has 0 saturated carbocycles. The quantitative estimate of drug-likeness (QED) is 0.443. The average Bonchev–Trinajstić information content (AvgIpc) is 2.47. The first-order chi connectivity index (χ1) is 11.0. The first kappa shape index (κ1) is 19.5. The minimum absolute atomic E-state index is 0.0855. The SMILES string of the molecule is CC(O[C@H]1OCCNC1Br)c1cc(C(F)(F)F)cc(C(F)(F)F)c1.